The van der Waals surface area contributed by atoms with Crippen molar-refractivity contribution in [3.05, 3.63) is 22.4 Å². The largest absolute Gasteiger partial charge is 0.139 e. The molecule has 1 rings (SSSR count). The van der Waals surface area contributed by atoms with Gasteiger partial charge in [-0.05, 0) is 18.9 Å². The molecule has 0 atom stereocenters. The Morgan fingerprint density at radius 1 is 1.71 bits per heavy atom. The third-order valence-corrected chi connectivity index (χ3v) is 1.18. The molecule has 0 bridgehead atoms. The van der Waals surface area contributed by atoms with Gasteiger partial charge in [0.2, 0.25) is 0 Å². The highest BCUT2D eigenvalue weighted by atomic mass is 32.1. The van der Waals surface area contributed by atoms with E-state index in [1.165, 1.54) is 0 Å². The van der Waals surface area contributed by atoms with E-state index >= 15 is 0 Å². The predicted molar refractivity (Wildman–Crippen MR) is 33.3 cm³/mol. The van der Waals surface area contributed by atoms with Crippen LogP contribution in [0.15, 0.2) is 22.4 Å². The summed E-state index contributed by atoms with van der Waals surface area (Å²) in [6, 6.07) is 0. The summed E-state index contributed by atoms with van der Waals surface area (Å²) in [5.74, 6) is 0. The second kappa shape index (κ2) is 2.09. The van der Waals surface area contributed by atoms with Crippen molar-refractivity contribution in [3.63, 3.8) is 0 Å². The lowest BCUT2D eigenvalue weighted by atomic mass is 10.2. The van der Waals surface area contributed by atoms with Crippen molar-refractivity contribution in [3.8, 4) is 0 Å². The van der Waals surface area contributed by atoms with Crippen LogP contribution in [0.2, 0.25) is 0 Å². The standard InChI is InChI=1S/C6H6S/c7-6-4-2-1-3-5-6/h1,7H,2,4H2. The van der Waals surface area contributed by atoms with Crippen LogP contribution in [0.4, 0.5) is 0 Å². The Labute approximate surface area is 48.6 Å². The smallest absolute Gasteiger partial charge is 0.0322 e. The Bertz CT molecular complexity index is 155. The highest BCUT2D eigenvalue weighted by molar-refractivity contribution is 7.84. The van der Waals surface area contributed by atoms with Gasteiger partial charge in [0, 0.05) is 4.91 Å². The van der Waals surface area contributed by atoms with Gasteiger partial charge in [0.1, 0.15) is 0 Å². The molecular weight excluding hydrogens is 104 g/mol. The molecular formula is C6H6S. The maximum absolute atomic E-state index is 4.08. The third kappa shape index (κ3) is 1.29. The van der Waals surface area contributed by atoms with Crippen molar-refractivity contribution in [1.29, 1.82) is 0 Å². The van der Waals surface area contributed by atoms with Crippen LogP contribution in [-0.4, -0.2) is 0 Å². The summed E-state index contributed by atoms with van der Waals surface area (Å²) in [5, 5.41) is 0. The average Bonchev–Trinajstić information content (AvgIpc) is 1.69. The fourth-order valence-corrected chi connectivity index (χ4v) is 0.672. The van der Waals surface area contributed by atoms with Crippen molar-refractivity contribution < 1.29 is 0 Å². The predicted octanol–water partition coefficient (Wildman–Crippen LogP) is 1.90. The van der Waals surface area contributed by atoms with Gasteiger partial charge in [0.05, 0.1) is 0 Å². The molecule has 7 heavy (non-hydrogen) atoms. The Morgan fingerprint density at radius 3 is 2.86 bits per heavy atom. The second-order valence-electron chi connectivity index (χ2n) is 1.46. The van der Waals surface area contributed by atoms with Crippen LogP contribution in [0.25, 0.3) is 0 Å². The van der Waals surface area contributed by atoms with Crippen LogP contribution < -0.4 is 0 Å². The van der Waals surface area contributed by atoms with Crippen LogP contribution in [0.5, 0.6) is 0 Å². The van der Waals surface area contributed by atoms with Gasteiger partial charge in [-0.15, -0.1) is 12.6 Å². The zero-order chi connectivity index (χ0) is 5.11. The fourth-order valence-electron chi connectivity index (χ4n) is 0.478. The summed E-state index contributed by atoms with van der Waals surface area (Å²) in [7, 11) is 0. The molecule has 36 valence electrons. The van der Waals surface area contributed by atoms with Gasteiger partial charge in [-0.2, -0.15) is 0 Å². The van der Waals surface area contributed by atoms with E-state index in [-0.39, 0.29) is 0 Å². The molecule has 1 aliphatic rings. The number of thiol groups is 1. The number of rotatable bonds is 0. The minimum Gasteiger partial charge on any atom is -0.139 e. The van der Waals surface area contributed by atoms with Gasteiger partial charge in [-0.1, -0.05) is 11.5 Å². The average molecular weight is 110 g/mol. The molecule has 0 amide bonds. The topological polar surface area (TPSA) is 0 Å². The van der Waals surface area contributed by atoms with Crippen molar-refractivity contribution in [1.82, 2.24) is 0 Å². The molecule has 0 heterocycles. The summed E-state index contributed by atoms with van der Waals surface area (Å²) in [6.07, 6.45) is 4.08. The zero-order valence-corrected chi connectivity index (χ0v) is 4.83. The summed E-state index contributed by atoms with van der Waals surface area (Å²) < 4.78 is 0. The molecule has 0 unspecified atom stereocenters. The van der Waals surface area contributed by atoms with E-state index in [2.05, 4.69) is 24.1 Å². The van der Waals surface area contributed by atoms with E-state index in [4.69, 9.17) is 0 Å². The molecule has 0 nitrogen and oxygen atoms in total. The molecule has 1 heteroatoms. The SMILES string of the molecule is SC1=C=C=CCC1. The van der Waals surface area contributed by atoms with E-state index in [0.29, 0.717) is 0 Å². The monoisotopic (exact) mass is 110 g/mol. The maximum atomic E-state index is 4.08. The minimum atomic E-state index is 1.02. The highest BCUT2D eigenvalue weighted by Gasteiger charge is 1.87. The van der Waals surface area contributed by atoms with Crippen LogP contribution in [0.1, 0.15) is 12.8 Å². The summed E-state index contributed by atoms with van der Waals surface area (Å²) in [5.41, 5.74) is 5.70. The number of hydrogen-bond acceptors (Lipinski definition) is 1. The first-order valence-corrected chi connectivity index (χ1v) is 2.72. The van der Waals surface area contributed by atoms with E-state index in [0.717, 1.165) is 17.7 Å². The molecule has 0 radical (unpaired) electrons. The normalized spacial score (nSPS) is 17.0. The lowest BCUT2D eigenvalue weighted by Gasteiger charge is -1.90. The molecule has 0 aromatic heterocycles. The zero-order valence-electron chi connectivity index (χ0n) is 3.94. The molecule has 1 aliphatic carbocycles. The summed E-state index contributed by atoms with van der Waals surface area (Å²) in [4.78, 5) is 1.02. The van der Waals surface area contributed by atoms with Gasteiger partial charge < -0.3 is 0 Å². The van der Waals surface area contributed by atoms with E-state index in [9.17, 15) is 0 Å². The first-order chi connectivity index (χ1) is 3.39. The number of allylic oxidation sites excluding steroid dienone is 2. The van der Waals surface area contributed by atoms with Gasteiger partial charge in [0.25, 0.3) is 0 Å². The molecule has 0 aromatic carbocycles. The van der Waals surface area contributed by atoms with Gasteiger partial charge in [0.15, 0.2) is 0 Å². The Hall–Kier alpha value is -0.350. The van der Waals surface area contributed by atoms with Crippen molar-refractivity contribution in [2.24, 2.45) is 0 Å². The third-order valence-electron chi connectivity index (χ3n) is 0.844. The van der Waals surface area contributed by atoms with Crippen LogP contribution >= 0.6 is 12.6 Å². The first kappa shape index (κ1) is 4.80. The van der Waals surface area contributed by atoms with Crippen molar-refractivity contribution in [2.75, 3.05) is 0 Å². The first-order valence-electron chi connectivity index (χ1n) is 2.27. The van der Waals surface area contributed by atoms with Gasteiger partial charge >= 0.3 is 0 Å². The highest BCUT2D eigenvalue weighted by Crippen LogP contribution is 2.09. The molecule has 0 aliphatic heterocycles. The molecule has 0 N–H and O–H groups in total. The van der Waals surface area contributed by atoms with Gasteiger partial charge in [-0.3, -0.25) is 0 Å². The number of hydrogen-bond donors (Lipinski definition) is 1. The summed E-state index contributed by atoms with van der Waals surface area (Å²) in [6.45, 7) is 0. The van der Waals surface area contributed by atoms with E-state index < -0.39 is 0 Å². The van der Waals surface area contributed by atoms with Crippen LogP contribution in [0, 0.1) is 0 Å². The maximum Gasteiger partial charge on any atom is 0.0322 e. The minimum absolute atomic E-state index is 1.02. The molecule has 0 saturated heterocycles. The van der Waals surface area contributed by atoms with Crippen LogP contribution in [-0.2, 0) is 0 Å². The van der Waals surface area contributed by atoms with E-state index in [1.807, 2.05) is 6.08 Å². The molecule has 0 fully saturated rings. The molecule has 0 spiro atoms. The Kier molecular flexibility index (Phi) is 1.43. The van der Waals surface area contributed by atoms with Crippen LogP contribution in [0.3, 0.4) is 0 Å². The van der Waals surface area contributed by atoms with Crippen molar-refractivity contribution >= 4 is 12.6 Å². The second-order valence-corrected chi connectivity index (χ2v) is 2.00. The lowest BCUT2D eigenvalue weighted by molar-refractivity contribution is 1.03. The van der Waals surface area contributed by atoms with Crippen molar-refractivity contribution in [2.45, 2.75) is 12.8 Å². The van der Waals surface area contributed by atoms with E-state index in [1.54, 1.807) is 0 Å². The molecule has 0 aromatic rings. The lowest BCUT2D eigenvalue weighted by Crippen LogP contribution is -1.71. The van der Waals surface area contributed by atoms with Gasteiger partial charge in [-0.25, -0.2) is 0 Å². The molecule has 0 saturated carbocycles. The Balaban J connectivity index is 2.95. The Morgan fingerprint density at radius 2 is 2.57 bits per heavy atom. The quantitative estimate of drug-likeness (QED) is 0.357. The fraction of sp³-hybridized carbons (Fsp3) is 0.333. The summed E-state index contributed by atoms with van der Waals surface area (Å²) >= 11 is 4.08.